The molecule has 0 spiro atoms. The molecule has 1 aromatic carbocycles. The Bertz CT molecular complexity index is 369. The molecule has 0 saturated heterocycles. The van der Waals surface area contributed by atoms with Crippen LogP contribution in [0.1, 0.15) is 12.5 Å². The number of hydrogen-bond donors (Lipinski definition) is 2. The summed E-state index contributed by atoms with van der Waals surface area (Å²) in [5, 5.41) is 18.0. The summed E-state index contributed by atoms with van der Waals surface area (Å²) in [6, 6.07) is 2.57. The summed E-state index contributed by atoms with van der Waals surface area (Å²) in [4.78, 5) is 10.6. The normalized spacial score (nSPS) is 12.5. The summed E-state index contributed by atoms with van der Waals surface area (Å²) in [7, 11) is 0. The molecule has 3 nitrogen and oxygen atoms in total. The predicted octanol–water partition coefficient (Wildman–Crippen LogP) is 2.56. The summed E-state index contributed by atoms with van der Waals surface area (Å²) in [6.07, 6.45) is 0.188. The fraction of sp³-hybridized carbons (Fsp3) is 0.300. The van der Waals surface area contributed by atoms with Gasteiger partial charge in [0.05, 0.1) is 10.4 Å². The van der Waals surface area contributed by atoms with Gasteiger partial charge in [-0.15, -0.1) is 0 Å². The lowest BCUT2D eigenvalue weighted by Crippen LogP contribution is -2.12. The summed E-state index contributed by atoms with van der Waals surface area (Å²) < 4.78 is 13.1. The van der Waals surface area contributed by atoms with Crippen LogP contribution in [-0.4, -0.2) is 16.2 Å². The predicted molar refractivity (Wildman–Crippen MR) is 56.3 cm³/mol. The third kappa shape index (κ3) is 2.92. The van der Waals surface area contributed by atoms with E-state index < -0.39 is 17.7 Å². The lowest BCUT2D eigenvalue weighted by atomic mass is 10.0. The molecule has 0 bridgehead atoms. The molecule has 0 amide bonds. The maximum Gasteiger partial charge on any atom is 0.306 e. The van der Waals surface area contributed by atoms with Crippen molar-refractivity contribution in [3.63, 3.8) is 0 Å². The van der Waals surface area contributed by atoms with Crippen molar-refractivity contribution < 1.29 is 19.4 Å². The molecule has 0 saturated carbocycles. The van der Waals surface area contributed by atoms with E-state index in [4.69, 9.17) is 5.11 Å². The Labute approximate surface area is 94.7 Å². The minimum atomic E-state index is -0.946. The molecule has 0 aliphatic rings. The van der Waals surface area contributed by atoms with E-state index >= 15 is 0 Å². The molecule has 0 aliphatic carbocycles. The van der Waals surface area contributed by atoms with Crippen molar-refractivity contribution in [3.05, 3.63) is 28.0 Å². The molecular weight excluding hydrogens is 267 g/mol. The van der Waals surface area contributed by atoms with E-state index in [9.17, 15) is 14.3 Å². The summed E-state index contributed by atoms with van der Waals surface area (Å²) in [6.45, 7) is 1.53. The van der Waals surface area contributed by atoms with Gasteiger partial charge in [0.2, 0.25) is 0 Å². The lowest BCUT2D eigenvalue weighted by Gasteiger charge is -2.08. The number of halogens is 2. The number of benzene rings is 1. The standard InChI is InChI=1S/C10H10BrFO3/c1-5(10(14)15)2-6-3-7(12)9(11)8(13)4-6/h3-5,13H,2H2,1H3,(H,14,15). The Morgan fingerprint density at radius 2 is 2.20 bits per heavy atom. The zero-order valence-electron chi connectivity index (χ0n) is 8.00. The number of aliphatic carboxylic acids is 1. The molecule has 0 aromatic heterocycles. The Kier molecular flexibility index (Phi) is 3.68. The van der Waals surface area contributed by atoms with E-state index in [2.05, 4.69) is 15.9 Å². The quantitative estimate of drug-likeness (QED) is 0.892. The molecule has 0 heterocycles. The van der Waals surface area contributed by atoms with E-state index in [-0.39, 0.29) is 16.6 Å². The number of carboxylic acids is 1. The molecule has 1 rings (SSSR count). The second kappa shape index (κ2) is 4.61. The molecule has 0 radical (unpaired) electrons. The van der Waals surface area contributed by atoms with Crippen molar-refractivity contribution in [1.82, 2.24) is 0 Å². The highest BCUT2D eigenvalue weighted by Gasteiger charge is 2.14. The largest absolute Gasteiger partial charge is 0.507 e. The van der Waals surface area contributed by atoms with E-state index in [1.54, 1.807) is 0 Å². The van der Waals surface area contributed by atoms with Crippen LogP contribution < -0.4 is 0 Å². The number of carbonyl (C=O) groups is 1. The van der Waals surface area contributed by atoms with Gasteiger partial charge in [0, 0.05) is 0 Å². The summed E-state index contributed by atoms with van der Waals surface area (Å²) >= 11 is 2.87. The molecule has 0 aliphatic heterocycles. The van der Waals surface area contributed by atoms with Crippen molar-refractivity contribution in [2.75, 3.05) is 0 Å². The molecular formula is C10H10BrFO3. The van der Waals surface area contributed by atoms with Crippen LogP contribution >= 0.6 is 15.9 Å². The highest BCUT2D eigenvalue weighted by molar-refractivity contribution is 9.10. The van der Waals surface area contributed by atoms with Crippen LogP contribution in [0.15, 0.2) is 16.6 Å². The van der Waals surface area contributed by atoms with Gasteiger partial charge in [-0.2, -0.15) is 0 Å². The highest BCUT2D eigenvalue weighted by Crippen LogP contribution is 2.28. The summed E-state index contributed by atoms with van der Waals surface area (Å²) in [5.41, 5.74) is 0.461. The van der Waals surface area contributed by atoms with Crippen LogP contribution in [0.5, 0.6) is 5.75 Å². The maximum atomic E-state index is 13.1. The Morgan fingerprint density at radius 3 is 2.67 bits per heavy atom. The maximum absolute atomic E-state index is 13.1. The number of phenolic OH excluding ortho intramolecular Hbond substituents is 1. The first-order valence-corrected chi connectivity index (χ1v) is 5.10. The Hall–Kier alpha value is -1.10. The fourth-order valence-electron chi connectivity index (χ4n) is 1.19. The molecule has 15 heavy (non-hydrogen) atoms. The van der Waals surface area contributed by atoms with Crippen molar-refractivity contribution in [2.24, 2.45) is 5.92 Å². The van der Waals surface area contributed by atoms with Crippen molar-refractivity contribution >= 4 is 21.9 Å². The van der Waals surface area contributed by atoms with E-state index in [1.807, 2.05) is 0 Å². The van der Waals surface area contributed by atoms with Gasteiger partial charge >= 0.3 is 5.97 Å². The van der Waals surface area contributed by atoms with Crippen LogP contribution in [0.3, 0.4) is 0 Å². The van der Waals surface area contributed by atoms with E-state index in [1.165, 1.54) is 19.1 Å². The van der Waals surface area contributed by atoms with Gasteiger partial charge in [-0.05, 0) is 40.0 Å². The summed E-state index contributed by atoms with van der Waals surface area (Å²) in [5.74, 6) is -2.37. The molecule has 5 heteroatoms. The van der Waals surface area contributed by atoms with Crippen molar-refractivity contribution in [2.45, 2.75) is 13.3 Å². The third-order valence-electron chi connectivity index (χ3n) is 2.03. The second-order valence-electron chi connectivity index (χ2n) is 3.35. The van der Waals surface area contributed by atoms with Gasteiger partial charge in [0.1, 0.15) is 11.6 Å². The average Bonchev–Trinajstić information content (AvgIpc) is 2.13. The fourth-order valence-corrected chi connectivity index (χ4v) is 1.42. The molecule has 1 aromatic rings. The monoisotopic (exact) mass is 276 g/mol. The minimum Gasteiger partial charge on any atom is -0.507 e. The zero-order valence-corrected chi connectivity index (χ0v) is 9.58. The minimum absolute atomic E-state index is 0.00534. The molecule has 2 N–H and O–H groups in total. The number of hydrogen-bond acceptors (Lipinski definition) is 2. The van der Waals surface area contributed by atoms with Crippen molar-refractivity contribution in [1.29, 1.82) is 0 Å². The Balaban J connectivity index is 2.92. The second-order valence-corrected chi connectivity index (χ2v) is 4.15. The Morgan fingerprint density at radius 1 is 1.60 bits per heavy atom. The van der Waals surface area contributed by atoms with Gasteiger partial charge in [-0.3, -0.25) is 4.79 Å². The first-order chi connectivity index (χ1) is 6.91. The first-order valence-electron chi connectivity index (χ1n) is 4.31. The third-order valence-corrected chi connectivity index (χ3v) is 2.82. The van der Waals surface area contributed by atoms with Gasteiger partial charge in [0.15, 0.2) is 0 Å². The topological polar surface area (TPSA) is 57.5 Å². The van der Waals surface area contributed by atoms with Gasteiger partial charge in [0.25, 0.3) is 0 Å². The molecule has 0 fully saturated rings. The smallest absolute Gasteiger partial charge is 0.306 e. The van der Waals surface area contributed by atoms with Gasteiger partial charge in [-0.25, -0.2) is 4.39 Å². The number of rotatable bonds is 3. The van der Waals surface area contributed by atoms with Crippen LogP contribution in [0, 0.1) is 11.7 Å². The van der Waals surface area contributed by atoms with E-state index in [0.717, 1.165) is 0 Å². The SMILES string of the molecule is CC(Cc1cc(O)c(Br)c(F)c1)C(=O)O. The van der Waals surface area contributed by atoms with Crippen LogP contribution in [-0.2, 0) is 11.2 Å². The lowest BCUT2D eigenvalue weighted by molar-refractivity contribution is -0.141. The van der Waals surface area contributed by atoms with Crippen molar-refractivity contribution in [3.8, 4) is 5.75 Å². The van der Waals surface area contributed by atoms with Crippen LogP contribution in [0.2, 0.25) is 0 Å². The zero-order chi connectivity index (χ0) is 11.6. The van der Waals surface area contributed by atoms with Crippen LogP contribution in [0.4, 0.5) is 4.39 Å². The molecule has 1 atom stereocenters. The van der Waals surface area contributed by atoms with Gasteiger partial charge in [-0.1, -0.05) is 6.92 Å². The first kappa shape index (κ1) is 12.0. The number of aromatic hydroxyl groups is 1. The average molecular weight is 277 g/mol. The molecule has 82 valence electrons. The number of carboxylic acid groups (broad SMARTS) is 1. The number of phenols is 1. The molecule has 1 unspecified atom stereocenters. The highest BCUT2D eigenvalue weighted by atomic mass is 79.9. The van der Waals surface area contributed by atoms with Crippen LogP contribution in [0.25, 0.3) is 0 Å². The van der Waals surface area contributed by atoms with E-state index in [0.29, 0.717) is 5.56 Å². The van der Waals surface area contributed by atoms with Gasteiger partial charge < -0.3 is 10.2 Å².